The highest BCUT2D eigenvalue weighted by atomic mass is 32.2. The molecule has 0 amide bonds. The summed E-state index contributed by atoms with van der Waals surface area (Å²) in [6, 6.07) is 7.86. The van der Waals surface area contributed by atoms with Crippen LogP contribution in [0.2, 0.25) is 0 Å². The van der Waals surface area contributed by atoms with Crippen LogP contribution >= 0.6 is 11.8 Å². The topological polar surface area (TPSA) is 59.1 Å². The summed E-state index contributed by atoms with van der Waals surface area (Å²) < 4.78 is 5.23. The summed E-state index contributed by atoms with van der Waals surface area (Å²) in [4.78, 5) is 1.09. The van der Waals surface area contributed by atoms with Crippen LogP contribution in [0.5, 0.6) is 5.75 Å². The van der Waals surface area contributed by atoms with Crippen molar-refractivity contribution < 1.29 is 4.74 Å². The summed E-state index contributed by atoms with van der Waals surface area (Å²) in [6.07, 6.45) is 0. The van der Waals surface area contributed by atoms with E-state index in [1.54, 1.807) is 18.9 Å². The fraction of sp³-hybridized carbons (Fsp3) is 0.364. The second kappa shape index (κ2) is 5.66. The van der Waals surface area contributed by atoms with E-state index in [1.165, 1.54) is 0 Å². The molecule has 3 N–H and O–H groups in total. The van der Waals surface area contributed by atoms with Gasteiger partial charge in [-0.05, 0) is 12.1 Å². The van der Waals surface area contributed by atoms with Crippen LogP contribution in [0.4, 0.5) is 0 Å². The highest BCUT2D eigenvalue weighted by Crippen LogP contribution is 2.29. The summed E-state index contributed by atoms with van der Waals surface area (Å²) in [6.45, 7) is 1.95. The lowest BCUT2D eigenvalue weighted by molar-refractivity contribution is 0.405. The molecule has 3 nitrogen and oxygen atoms in total. The molecule has 0 spiro atoms. The Kier molecular flexibility index (Phi) is 4.49. The predicted octanol–water partition coefficient (Wildman–Crippen LogP) is 2.36. The number of ether oxygens (including phenoxy) is 1. The summed E-state index contributed by atoms with van der Waals surface area (Å²) >= 11 is 1.66. The van der Waals surface area contributed by atoms with Gasteiger partial charge in [0.25, 0.3) is 0 Å². The molecule has 1 atom stereocenters. The molecule has 1 rings (SSSR count). The second-order valence-electron chi connectivity index (χ2n) is 3.32. The molecule has 15 heavy (non-hydrogen) atoms. The molecular formula is C11H16N2OS. The quantitative estimate of drug-likeness (QED) is 0.458. The van der Waals surface area contributed by atoms with Crippen molar-refractivity contribution in [3.05, 3.63) is 24.3 Å². The molecule has 0 aliphatic rings. The lowest BCUT2D eigenvalue weighted by Crippen LogP contribution is -2.21. The van der Waals surface area contributed by atoms with Crippen molar-refractivity contribution in [1.82, 2.24) is 0 Å². The van der Waals surface area contributed by atoms with E-state index in [1.807, 2.05) is 31.2 Å². The minimum absolute atomic E-state index is 0.0971. The van der Waals surface area contributed by atoms with Gasteiger partial charge in [0.15, 0.2) is 0 Å². The smallest absolute Gasteiger partial charge is 0.132 e. The van der Waals surface area contributed by atoms with Gasteiger partial charge in [-0.2, -0.15) is 0 Å². The van der Waals surface area contributed by atoms with Crippen LogP contribution in [0.25, 0.3) is 0 Å². The largest absolute Gasteiger partial charge is 0.496 e. The van der Waals surface area contributed by atoms with Crippen LogP contribution in [-0.2, 0) is 0 Å². The number of nitrogens with two attached hydrogens (primary N) is 1. The molecule has 1 aromatic rings. The van der Waals surface area contributed by atoms with Crippen molar-refractivity contribution in [3.63, 3.8) is 0 Å². The first-order valence-corrected chi connectivity index (χ1v) is 5.73. The molecule has 0 fully saturated rings. The second-order valence-corrected chi connectivity index (χ2v) is 4.38. The molecule has 4 heteroatoms. The Morgan fingerprint density at radius 1 is 1.53 bits per heavy atom. The average molecular weight is 224 g/mol. The number of amidine groups is 1. The minimum Gasteiger partial charge on any atom is -0.496 e. The Bertz CT molecular complexity index is 341. The van der Waals surface area contributed by atoms with Gasteiger partial charge >= 0.3 is 0 Å². The van der Waals surface area contributed by atoms with Crippen molar-refractivity contribution in [3.8, 4) is 5.75 Å². The van der Waals surface area contributed by atoms with Crippen molar-refractivity contribution in [2.75, 3.05) is 12.9 Å². The van der Waals surface area contributed by atoms with Gasteiger partial charge < -0.3 is 10.5 Å². The maximum Gasteiger partial charge on any atom is 0.132 e. The number of methoxy groups -OCH3 is 1. The van der Waals surface area contributed by atoms with Crippen molar-refractivity contribution in [1.29, 1.82) is 5.41 Å². The number of hydrogen-bond acceptors (Lipinski definition) is 3. The molecule has 0 aliphatic heterocycles. The monoisotopic (exact) mass is 224 g/mol. The lowest BCUT2D eigenvalue weighted by atomic mass is 10.2. The van der Waals surface area contributed by atoms with Gasteiger partial charge in [-0.25, -0.2) is 0 Å². The van der Waals surface area contributed by atoms with Crippen molar-refractivity contribution in [2.45, 2.75) is 11.8 Å². The van der Waals surface area contributed by atoms with E-state index in [4.69, 9.17) is 15.9 Å². The normalized spacial score (nSPS) is 12.1. The third-order valence-electron chi connectivity index (χ3n) is 2.09. The summed E-state index contributed by atoms with van der Waals surface area (Å²) in [5, 5.41) is 7.30. The summed E-state index contributed by atoms with van der Waals surface area (Å²) in [5.74, 6) is 2.01. The number of nitrogens with one attached hydrogen (secondary N) is 1. The van der Waals surface area contributed by atoms with Gasteiger partial charge in [-0.1, -0.05) is 19.1 Å². The zero-order chi connectivity index (χ0) is 11.3. The summed E-state index contributed by atoms with van der Waals surface area (Å²) in [7, 11) is 1.66. The van der Waals surface area contributed by atoms with Crippen LogP contribution < -0.4 is 10.5 Å². The highest BCUT2D eigenvalue weighted by molar-refractivity contribution is 7.99. The minimum atomic E-state index is 0.0971. The third-order valence-corrected chi connectivity index (χ3v) is 3.40. The summed E-state index contributed by atoms with van der Waals surface area (Å²) in [5.41, 5.74) is 5.41. The van der Waals surface area contributed by atoms with E-state index in [0.717, 1.165) is 16.4 Å². The van der Waals surface area contributed by atoms with Crippen LogP contribution in [0.3, 0.4) is 0 Å². The van der Waals surface area contributed by atoms with E-state index in [2.05, 4.69) is 0 Å². The molecular weight excluding hydrogens is 208 g/mol. The van der Waals surface area contributed by atoms with Gasteiger partial charge in [0.2, 0.25) is 0 Å². The first-order chi connectivity index (χ1) is 7.15. The fourth-order valence-electron chi connectivity index (χ4n) is 1.04. The van der Waals surface area contributed by atoms with E-state index >= 15 is 0 Å². The van der Waals surface area contributed by atoms with Gasteiger partial charge in [0.05, 0.1) is 12.9 Å². The Balaban J connectivity index is 2.60. The first kappa shape index (κ1) is 11.9. The van der Waals surface area contributed by atoms with E-state index < -0.39 is 0 Å². The van der Waals surface area contributed by atoms with Crippen LogP contribution in [-0.4, -0.2) is 18.7 Å². The zero-order valence-corrected chi connectivity index (χ0v) is 9.80. The van der Waals surface area contributed by atoms with Gasteiger partial charge in [0, 0.05) is 16.6 Å². The van der Waals surface area contributed by atoms with Gasteiger partial charge in [-0.3, -0.25) is 5.41 Å². The molecule has 1 unspecified atom stereocenters. The Labute approximate surface area is 94.5 Å². The van der Waals surface area contributed by atoms with E-state index in [-0.39, 0.29) is 11.8 Å². The highest BCUT2D eigenvalue weighted by Gasteiger charge is 2.08. The number of rotatable bonds is 5. The van der Waals surface area contributed by atoms with Crippen molar-refractivity contribution >= 4 is 17.6 Å². The molecule has 0 aromatic heterocycles. The third kappa shape index (κ3) is 3.47. The standard InChI is InChI=1S/C11H16N2OS/c1-8(11(12)13)7-15-10-6-4-3-5-9(10)14-2/h3-6,8H,7H2,1-2H3,(H3,12,13). The average Bonchev–Trinajstić information content (AvgIpc) is 2.26. The molecule has 1 aromatic carbocycles. The SMILES string of the molecule is COc1ccccc1SCC(C)C(=N)N. The molecule has 82 valence electrons. The maximum absolute atomic E-state index is 7.30. The van der Waals surface area contributed by atoms with E-state index in [9.17, 15) is 0 Å². The van der Waals surface area contributed by atoms with Crippen LogP contribution in [0.15, 0.2) is 29.2 Å². The van der Waals surface area contributed by atoms with Crippen LogP contribution in [0.1, 0.15) is 6.92 Å². The lowest BCUT2D eigenvalue weighted by Gasteiger charge is -2.11. The molecule has 0 bridgehead atoms. The maximum atomic E-state index is 7.30. The Hall–Kier alpha value is -1.16. The van der Waals surface area contributed by atoms with Crippen LogP contribution in [0, 0.1) is 11.3 Å². The van der Waals surface area contributed by atoms with E-state index in [0.29, 0.717) is 0 Å². The molecule has 0 radical (unpaired) electrons. The van der Waals surface area contributed by atoms with Gasteiger partial charge in [-0.15, -0.1) is 11.8 Å². The first-order valence-electron chi connectivity index (χ1n) is 4.75. The predicted molar refractivity (Wildman–Crippen MR) is 64.8 cm³/mol. The number of thioether (sulfide) groups is 1. The molecule has 0 aliphatic carbocycles. The number of hydrogen-bond donors (Lipinski definition) is 2. The number of para-hydroxylation sites is 1. The van der Waals surface area contributed by atoms with Crippen molar-refractivity contribution in [2.24, 2.45) is 11.7 Å². The molecule has 0 heterocycles. The molecule has 0 saturated carbocycles. The zero-order valence-electron chi connectivity index (χ0n) is 8.99. The number of benzene rings is 1. The Morgan fingerprint density at radius 2 is 2.20 bits per heavy atom. The Morgan fingerprint density at radius 3 is 2.80 bits per heavy atom. The fourth-order valence-corrected chi connectivity index (χ4v) is 2.12. The molecule has 0 saturated heterocycles. The van der Waals surface area contributed by atoms with Gasteiger partial charge in [0.1, 0.15) is 5.75 Å².